The number of rotatable bonds is 4. The van der Waals surface area contributed by atoms with Gasteiger partial charge in [0.05, 0.1) is 21.8 Å². The predicted octanol–water partition coefficient (Wildman–Crippen LogP) is 3.27. The number of sulfone groups is 1. The van der Waals surface area contributed by atoms with Gasteiger partial charge in [0.2, 0.25) is 9.84 Å². The molecular weight excluding hydrogens is 396 g/mol. The zero-order chi connectivity index (χ0) is 20.6. The second kappa shape index (κ2) is 7.59. The third-order valence-corrected chi connectivity index (χ3v) is 7.12. The number of benzene rings is 3. The molecule has 1 N–H and O–H groups in total. The van der Waals surface area contributed by atoms with E-state index in [1.54, 1.807) is 28.9 Å². The maximum atomic E-state index is 13.5. The lowest BCUT2D eigenvalue weighted by Gasteiger charge is -2.30. The van der Waals surface area contributed by atoms with Crippen molar-refractivity contribution < 1.29 is 8.42 Å². The van der Waals surface area contributed by atoms with Gasteiger partial charge in [0.15, 0.2) is 5.03 Å². The highest BCUT2D eigenvalue weighted by Gasteiger charge is 2.28. The molecule has 2 heterocycles. The first kappa shape index (κ1) is 18.8. The second-order valence-corrected chi connectivity index (χ2v) is 9.14. The van der Waals surface area contributed by atoms with Crippen molar-refractivity contribution in [2.45, 2.75) is 9.92 Å². The summed E-state index contributed by atoms with van der Waals surface area (Å²) in [5.74, 6) is 0. The van der Waals surface area contributed by atoms with E-state index in [9.17, 15) is 8.42 Å². The first-order valence-electron chi connectivity index (χ1n) is 9.99. The number of piperazine rings is 1. The van der Waals surface area contributed by atoms with Crippen LogP contribution in [0.15, 0.2) is 88.8 Å². The van der Waals surface area contributed by atoms with Crippen molar-refractivity contribution in [1.82, 2.24) is 15.1 Å². The summed E-state index contributed by atoms with van der Waals surface area (Å²) < 4.78 is 28.7. The molecule has 0 aliphatic carbocycles. The van der Waals surface area contributed by atoms with Gasteiger partial charge in [-0.15, -0.1) is 0 Å². The van der Waals surface area contributed by atoms with E-state index in [1.807, 2.05) is 54.6 Å². The van der Waals surface area contributed by atoms with Crippen molar-refractivity contribution >= 4 is 26.4 Å². The van der Waals surface area contributed by atoms with Crippen molar-refractivity contribution in [3.8, 4) is 5.69 Å². The average Bonchev–Trinajstić information content (AvgIpc) is 3.22. The number of para-hydroxylation sites is 2. The number of hydrogen-bond donors (Lipinski definition) is 1. The standard InChI is InChI=1S/C23H22N4O2S/c28-30(29,19-10-5-2-6-11-19)23-20-12-7-13-21(26-16-14-24-15-17-26)22(20)27(25-23)18-8-3-1-4-9-18/h1-13,24H,14-17H2. The maximum Gasteiger partial charge on any atom is 0.226 e. The van der Waals surface area contributed by atoms with Gasteiger partial charge in [0.25, 0.3) is 0 Å². The van der Waals surface area contributed by atoms with Crippen LogP contribution >= 0.6 is 0 Å². The van der Waals surface area contributed by atoms with E-state index in [4.69, 9.17) is 0 Å². The van der Waals surface area contributed by atoms with Crippen molar-refractivity contribution in [2.75, 3.05) is 31.1 Å². The molecule has 4 aromatic rings. The minimum Gasteiger partial charge on any atom is -0.367 e. The van der Waals surface area contributed by atoms with Crippen LogP contribution in [0.4, 0.5) is 5.69 Å². The zero-order valence-electron chi connectivity index (χ0n) is 16.4. The number of nitrogens with one attached hydrogen (secondary N) is 1. The summed E-state index contributed by atoms with van der Waals surface area (Å²) in [6.45, 7) is 3.51. The molecule has 0 bridgehead atoms. The molecule has 6 nitrogen and oxygen atoms in total. The lowest BCUT2D eigenvalue weighted by atomic mass is 10.2. The van der Waals surface area contributed by atoms with Gasteiger partial charge in [-0.1, -0.05) is 42.5 Å². The Morgan fingerprint density at radius 2 is 1.47 bits per heavy atom. The Labute approximate surface area is 175 Å². The van der Waals surface area contributed by atoms with Crippen LogP contribution in [-0.4, -0.2) is 44.4 Å². The largest absolute Gasteiger partial charge is 0.367 e. The SMILES string of the molecule is O=S(=O)(c1ccccc1)c1nn(-c2ccccc2)c2c(N3CCNCC3)cccc12. The Balaban J connectivity index is 1.80. The minimum atomic E-state index is -3.76. The molecule has 1 aliphatic rings. The summed E-state index contributed by atoms with van der Waals surface area (Å²) in [5, 5.41) is 8.74. The maximum absolute atomic E-state index is 13.5. The molecule has 1 aromatic heterocycles. The molecule has 7 heteroatoms. The summed E-state index contributed by atoms with van der Waals surface area (Å²) >= 11 is 0. The van der Waals surface area contributed by atoms with Crippen LogP contribution in [-0.2, 0) is 9.84 Å². The van der Waals surface area contributed by atoms with Crippen molar-refractivity contribution in [3.05, 3.63) is 78.9 Å². The van der Waals surface area contributed by atoms with Gasteiger partial charge in [0.1, 0.15) is 0 Å². The van der Waals surface area contributed by atoms with Gasteiger partial charge in [-0.25, -0.2) is 13.1 Å². The minimum absolute atomic E-state index is 0.0875. The fraction of sp³-hybridized carbons (Fsp3) is 0.174. The fourth-order valence-electron chi connectivity index (χ4n) is 3.95. The molecule has 1 aliphatic heterocycles. The van der Waals surface area contributed by atoms with Gasteiger partial charge >= 0.3 is 0 Å². The third-order valence-electron chi connectivity index (χ3n) is 5.41. The van der Waals surface area contributed by atoms with Gasteiger partial charge in [0, 0.05) is 31.6 Å². The number of nitrogens with zero attached hydrogens (tertiary/aromatic N) is 3. The quantitative estimate of drug-likeness (QED) is 0.551. The van der Waals surface area contributed by atoms with Crippen LogP contribution in [0.2, 0.25) is 0 Å². The van der Waals surface area contributed by atoms with Gasteiger partial charge < -0.3 is 10.2 Å². The Hall–Kier alpha value is -3.16. The van der Waals surface area contributed by atoms with E-state index in [0.29, 0.717) is 5.39 Å². The van der Waals surface area contributed by atoms with Crippen molar-refractivity contribution in [3.63, 3.8) is 0 Å². The van der Waals surface area contributed by atoms with Crippen LogP contribution in [0, 0.1) is 0 Å². The molecule has 0 saturated carbocycles. The molecule has 152 valence electrons. The summed E-state index contributed by atoms with van der Waals surface area (Å²) in [6, 6.07) is 24.0. The van der Waals surface area contributed by atoms with Crippen LogP contribution in [0.3, 0.4) is 0 Å². The van der Waals surface area contributed by atoms with Crippen molar-refractivity contribution in [1.29, 1.82) is 0 Å². The van der Waals surface area contributed by atoms with E-state index in [0.717, 1.165) is 43.1 Å². The second-order valence-electron chi connectivity index (χ2n) is 7.28. The Morgan fingerprint density at radius 3 is 2.17 bits per heavy atom. The lowest BCUT2D eigenvalue weighted by Crippen LogP contribution is -2.43. The third kappa shape index (κ3) is 3.16. The highest BCUT2D eigenvalue weighted by Crippen LogP contribution is 2.35. The highest BCUT2D eigenvalue weighted by molar-refractivity contribution is 7.91. The molecule has 1 saturated heterocycles. The van der Waals surface area contributed by atoms with Crippen LogP contribution in [0.5, 0.6) is 0 Å². The normalized spacial score (nSPS) is 14.9. The van der Waals surface area contributed by atoms with Crippen LogP contribution < -0.4 is 10.2 Å². The first-order chi connectivity index (χ1) is 14.7. The lowest BCUT2D eigenvalue weighted by molar-refractivity contribution is 0.589. The smallest absolute Gasteiger partial charge is 0.226 e. The molecule has 0 atom stereocenters. The van der Waals surface area contributed by atoms with Crippen LogP contribution in [0.1, 0.15) is 0 Å². The van der Waals surface area contributed by atoms with Gasteiger partial charge in [-0.3, -0.25) is 0 Å². The Morgan fingerprint density at radius 1 is 0.800 bits per heavy atom. The molecule has 0 unspecified atom stereocenters. The molecule has 1 fully saturated rings. The van der Waals surface area contributed by atoms with Gasteiger partial charge in [-0.2, -0.15) is 5.10 Å². The molecule has 5 rings (SSSR count). The first-order valence-corrected chi connectivity index (χ1v) is 11.5. The Kier molecular flexibility index (Phi) is 4.77. The highest BCUT2D eigenvalue weighted by atomic mass is 32.2. The summed E-state index contributed by atoms with van der Waals surface area (Å²) in [5.41, 5.74) is 2.65. The molecule has 3 aromatic carbocycles. The monoisotopic (exact) mass is 418 g/mol. The Bertz CT molecular complexity index is 1280. The van der Waals surface area contributed by atoms with E-state index in [1.165, 1.54) is 0 Å². The number of hydrogen-bond acceptors (Lipinski definition) is 5. The summed E-state index contributed by atoms with van der Waals surface area (Å²) in [6.07, 6.45) is 0. The average molecular weight is 419 g/mol. The number of aromatic nitrogens is 2. The molecule has 0 radical (unpaired) electrons. The summed E-state index contributed by atoms with van der Waals surface area (Å²) in [7, 11) is -3.76. The van der Waals surface area contributed by atoms with Crippen LogP contribution in [0.25, 0.3) is 16.6 Å². The molecule has 0 amide bonds. The van der Waals surface area contributed by atoms with Crippen molar-refractivity contribution in [2.24, 2.45) is 0 Å². The topological polar surface area (TPSA) is 67.2 Å². The van der Waals surface area contributed by atoms with E-state index < -0.39 is 9.84 Å². The molecular formula is C23H22N4O2S. The van der Waals surface area contributed by atoms with E-state index in [2.05, 4.69) is 15.3 Å². The number of anilines is 1. The predicted molar refractivity (Wildman–Crippen MR) is 118 cm³/mol. The van der Waals surface area contributed by atoms with E-state index in [-0.39, 0.29) is 9.92 Å². The molecule has 0 spiro atoms. The number of fused-ring (bicyclic) bond motifs is 1. The zero-order valence-corrected chi connectivity index (χ0v) is 17.2. The van der Waals surface area contributed by atoms with E-state index >= 15 is 0 Å². The fourth-order valence-corrected chi connectivity index (χ4v) is 5.33. The van der Waals surface area contributed by atoms with Gasteiger partial charge in [-0.05, 0) is 36.4 Å². The summed E-state index contributed by atoms with van der Waals surface area (Å²) in [4.78, 5) is 2.54. The molecule has 30 heavy (non-hydrogen) atoms.